The lowest BCUT2D eigenvalue weighted by Gasteiger charge is -2.37. The van der Waals surface area contributed by atoms with Crippen molar-refractivity contribution in [2.24, 2.45) is 16.6 Å². The van der Waals surface area contributed by atoms with Gasteiger partial charge in [0.2, 0.25) is 29.6 Å². The Morgan fingerprint density at radius 1 is 0.677 bits per heavy atom. The second kappa shape index (κ2) is 29.7. The van der Waals surface area contributed by atoms with Gasteiger partial charge in [0, 0.05) is 30.9 Å². The second-order valence-electron chi connectivity index (χ2n) is 26.0. The number of nitrogens with two attached hydrogens (primary N) is 1. The van der Waals surface area contributed by atoms with Crippen LogP contribution in [-0.4, -0.2) is 110 Å². The number of carboxylic acid groups (broad SMARTS) is 1. The van der Waals surface area contributed by atoms with Gasteiger partial charge in [-0.2, -0.15) is 0 Å². The first-order chi connectivity index (χ1) is 44.0. The Balaban J connectivity index is 1.03. The zero-order valence-electron chi connectivity index (χ0n) is 54.8. The molecule has 0 bridgehead atoms. The summed E-state index contributed by atoms with van der Waals surface area (Å²) >= 11 is 0. The highest BCUT2D eigenvalue weighted by molar-refractivity contribution is 7.90. The molecule has 0 saturated carbocycles. The van der Waals surface area contributed by atoms with Gasteiger partial charge in [-0.1, -0.05) is 153 Å². The minimum Gasteiger partial charge on any atom is -0.487 e. The molecule has 0 unspecified atom stereocenters. The second-order valence-corrected chi connectivity index (χ2v) is 27.7. The Hall–Kier alpha value is -9.08. The van der Waals surface area contributed by atoms with Gasteiger partial charge < -0.3 is 51.6 Å². The summed E-state index contributed by atoms with van der Waals surface area (Å²) in [5.41, 5.74) is 12.4. The van der Waals surface area contributed by atoms with Crippen LogP contribution in [0, 0.1) is 26.7 Å². The first-order valence-electron chi connectivity index (χ1n) is 31.6. The lowest BCUT2D eigenvalue weighted by Crippen LogP contribution is -2.61. The number of nitrogens with zero attached hydrogens (tertiary/aromatic N) is 1. The molecular weight excluding hydrogens is 1200 g/mol. The highest BCUT2D eigenvalue weighted by atomic mass is 32.2. The van der Waals surface area contributed by atoms with Gasteiger partial charge in [-0.15, -0.1) is 0 Å². The number of hydrogen-bond donors (Lipinski definition) is 8. The zero-order chi connectivity index (χ0) is 67.6. The Morgan fingerprint density at radius 2 is 1.19 bits per heavy atom. The van der Waals surface area contributed by atoms with E-state index in [1.54, 1.807) is 48.5 Å². The van der Waals surface area contributed by atoms with Crippen molar-refractivity contribution in [2.75, 3.05) is 13.2 Å². The minimum atomic E-state index is -4.30. The van der Waals surface area contributed by atoms with Crippen LogP contribution in [0.25, 0.3) is 11.1 Å². The van der Waals surface area contributed by atoms with Crippen LogP contribution >= 0.6 is 0 Å². The van der Waals surface area contributed by atoms with E-state index < -0.39 is 98.7 Å². The lowest BCUT2D eigenvalue weighted by molar-refractivity contribution is -0.143. The largest absolute Gasteiger partial charge is 0.487 e. The number of amides is 5. The molecule has 8 rings (SSSR count). The first kappa shape index (κ1) is 69.8. The van der Waals surface area contributed by atoms with E-state index >= 15 is 0 Å². The quantitative estimate of drug-likeness (QED) is 0.0103. The third-order valence-corrected chi connectivity index (χ3v) is 18.5. The molecular formula is C72H88N8O12S. The molecule has 0 saturated heterocycles. The summed E-state index contributed by atoms with van der Waals surface area (Å²) in [6, 6.07) is 37.9. The van der Waals surface area contributed by atoms with Crippen molar-refractivity contribution in [1.82, 2.24) is 31.3 Å². The molecule has 494 valence electrons. The number of carbonyl (C=O) groups is 6. The number of nitrogens with one attached hydrogen (secondary N) is 6. The molecule has 5 amide bonds. The molecule has 21 heteroatoms. The van der Waals surface area contributed by atoms with Gasteiger partial charge in [-0.3, -0.25) is 24.2 Å². The van der Waals surface area contributed by atoms with Crippen molar-refractivity contribution in [3.8, 4) is 16.9 Å². The fourth-order valence-corrected chi connectivity index (χ4v) is 14.0. The topological polar surface area (TPSA) is 295 Å². The van der Waals surface area contributed by atoms with Gasteiger partial charge in [0.05, 0.1) is 16.6 Å². The summed E-state index contributed by atoms with van der Waals surface area (Å²) in [6.45, 7) is 19.4. The average Bonchev–Trinajstić information content (AvgIpc) is 1.75. The summed E-state index contributed by atoms with van der Waals surface area (Å²) in [5, 5.41) is 24.7. The molecule has 93 heavy (non-hydrogen) atoms. The summed E-state index contributed by atoms with van der Waals surface area (Å²) < 4.78 is 48.9. The normalized spacial score (nSPS) is 15.2. The summed E-state index contributed by atoms with van der Waals surface area (Å²) in [4.78, 5) is 90.0. The average molecular weight is 1290 g/mol. The number of alkyl carbamates (subject to hydrolysis) is 1. The highest BCUT2D eigenvalue weighted by Crippen LogP contribution is 2.46. The van der Waals surface area contributed by atoms with Crippen molar-refractivity contribution in [1.29, 1.82) is 0 Å². The van der Waals surface area contributed by atoms with Crippen LogP contribution in [0.5, 0.6) is 5.75 Å². The number of carboxylic acids is 1. The molecule has 5 atom stereocenters. The third-order valence-electron chi connectivity index (χ3n) is 16.8. The van der Waals surface area contributed by atoms with Crippen LogP contribution in [0.15, 0.2) is 149 Å². The van der Waals surface area contributed by atoms with Gasteiger partial charge in [-0.05, 0) is 150 Å². The Morgan fingerprint density at radius 3 is 1.72 bits per heavy atom. The van der Waals surface area contributed by atoms with Crippen molar-refractivity contribution < 1.29 is 56.5 Å². The highest BCUT2D eigenvalue weighted by Gasteiger charge is 2.41. The molecule has 0 spiro atoms. The number of ether oxygens (including phenoxy) is 3. The van der Waals surface area contributed by atoms with Gasteiger partial charge in [0.1, 0.15) is 47.7 Å². The number of hydrogen-bond acceptors (Lipinski definition) is 12. The molecule has 0 fully saturated rings. The van der Waals surface area contributed by atoms with E-state index in [-0.39, 0.29) is 62.0 Å². The number of aliphatic carboxylic acids is 1. The minimum absolute atomic E-state index is 0.0229. The van der Waals surface area contributed by atoms with Gasteiger partial charge in [0.25, 0.3) is 10.0 Å². The number of rotatable bonds is 27. The first-order valence-corrected chi connectivity index (χ1v) is 33.0. The Kier molecular flexibility index (Phi) is 22.3. The summed E-state index contributed by atoms with van der Waals surface area (Å²) in [6.07, 6.45) is -2.35. The van der Waals surface area contributed by atoms with E-state index in [1.807, 2.05) is 167 Å². The van der Waals surface area contributed by atoms with Crippen molar-refractivity contribution in [3.63, 3.8) is 0 Å². The van der Waals surface area contributed by atoms with Crippen molar-refractivity contribution in [2.45, 2.75) is 173 Å². The number of fused-ring (bicyclic) bond motifs is 4. The Bertz CT molecular complexity index is 3690. The summed E-state index contributed by atoms with van der Waals surface area (Å²) in [5.74, 6) is -4.83. The predicted octanol–water partition coefficient (Wildman–Crippen LogP) is 9.28. The molecule has 20 nitrogen and oxygen atoms in total. The van der Waals surface area contributed by atoms with Crippen LogP contribution < -0.4 is 41.8 Å². The molecule has 9 N–H and O–H groups in total. The number of carbonyl (C=O) groups excluding carboxylic acids is 5. The van der Waals surface area contributed by atoms with E-state index in [1.165, 1.54) is 0 Å². The van der Waals surface area contributed by atoms with Gasteiger partial charge >= 0.3 is 12.1 Å². The van der Waals surface area contributed by atoms with E-state index in [9.17, 15) is 42.3 Å². The molecule has 0 aromatic heterocycles. The van der Waals surface area contributed by atoms with Crippen LogP contribution in [0.3, 0.4) is 0 Å². The Labute approximate surface area is 545 Å². The van der Waals surface area contributed by atoms with Crippen LogP contribution in [0.2, 0.25) is 0 Å². The van der Waals surface area contributed by atoms with Crippen LogP contribution in [-0.2, 0) is 55.4 Å². The molecule has 0 radical (unpaired) electrons. The van der Waals surface area contributed by atoms with E-state index in [0.717, 1.165) is 44.5 Å². The van der Waals surface area contributed by atoms with Crippen molar-refractivity contribution in [3.05, 3.63) is 190 Å². The molecule has 1 heterocycles. The standard InChI is InChI=1S/C72H88N8O12S/c1-43(2)40-59(77-69(87)90-42-56-53-34-23-21-32-51(53)52-33-22-24-35-54(52)56)65(83)78-61(47(6)91-70(7,8)9)66(84)75-57(36-25-39-74-68(73)80-93(88,89)63-45(4)44(3)62-55(46(63)5)41-71(10,11)92-62)64(82)76-58(67(85)86)37-38-60(81)79-72(48-26-15-12-16-27-48,49-28-17-13-18-29-49)50-30-19-14-20-31-50/h12-24,26-35,43,47,56-59,61H,25,36-42H2,1-11H3,(H,75,84)(H,76,82)(H,77,87)(H,78,83)(H,79,81)(H,85,86)(H3,73,74,80)/t47-,57+,58+,59+,61+/m1/s1. The number of aliphatic imine (C=N–C) groups is 1. The van der Waals surface area contributed by atoms with Gasteiger partial charge in [0.15, 0.2) is 0 Å². The molecule has 2 aliphatic rings. The zero-order valence-corrected chi connectivity index (χ0v) is 55.7. The predicted molar refractivity (Wildman–Crippen MR) is 357 cm³/mol. The van der Waals surface area contributed by atoms with Gasteiger partial charge in [-0.25, -0.2) is 22.7 Å². The molecule has 6 aromatic rings. The third kappa shape index (κ3) is 17.0. The number of benzene rings is 6. The van der Waals surface area contributed by atoms with E-state index in [4.69, 9.17) is 19.9 Å². The van der Waals surface area contributed by atoms with E-state index in [0.29, 0.717) is 28.9 Å². The molecule has 6 aromatic carbocycles. The monoisotopic (exact) mass is 1290 g/mol. The fraction of sp³-hybridized carbons (Fsp3) is 0.403. The SMILES string of the molecule is Cc1c(C)c(S(=O)(=O)NC(N)=NCCC[C@H](NC(=O)[C@@H](NC(=O)[C@H](CC(C)C)NC(=O)OCC2c3ccccc3-c3ccccc32)[C@@H](C)OC(C)(C)C)C(=O)N[C@@H](CCC(=O)NC(c2ccccc2)(c2ccccc2)c2ccccc2)C(=O)O)c(C)c2c1OC(C)(C)C2. The van der Waals surface area contributed by atoms with Crippen molar-refractivity contribution >= 4 is 51.7 Å². The van der Waals surface area contributed by atoms with E-state index in [2.05, 4.69) is 36.3 Å². The summed E-state index contributed by atoms with van der Waals surface area (Å²) in [7, 11) is -4.30. The molecule has 1 aliphatic carbocycles. The lowest BCUT2D eigenvalue weighted by atomic mass is 9.77. The molecule has 1 aliphatic heterocycles. The fourth-order valence-electron chi connectivity index (χ4n) is 12.5. The number of guanidine groups is 1. The van der Waals surface area contributed by atoms with Crippen LogP contribution in [0.1, 0.15) is 143 Å². The smallest absolute Gasteiger partial charge is 0.407 e. The maximum Gasteiger partial charge on any atom is 0.407 e. The van der Waals surface area contributed by atoms with Crippen LogP contribution in [0.4, 0.5) is 4.79 Å². The maximum absolute atomic E-state index is 15.0. The maximum atomic E-state index is 15.0. The number of sulfonamides is 1.